The molecular formula is C16H15N5OS. The van der Waals surface area contributed by atoms with Crippen LogP contribution in [0.5, 0.6) is 0 Å². The molecule has 3 heterocycles. The number of fused-ring (bicyclic) bond motifs is 4. The molecule has 0 saturated heterocycles. The number of aromatic nitrogens is 4. The number of nitrogens with zero attached hydrogens (tertiary/aromatic N) is 5. The third-order valence-electron chi connectivity index (χ3n) is 4.80. The maximum atomic E-state index is 13.3. The monoisotopic (exact) mass is 325 g/mol. The zero-order valence-electron chi connectivity index (χ0n) is 12.4. The minimum atomic E-state index is -0.133. The number of rotatable bonds is 1. The van der Waals surface area contributed by atoms with Crippen molar-refractivity contribution < 1.29 is 4.79 Å². The standard InChI is InChI=1S/C16H15N5OS/c22-14-13-11-8-4-5-9-12(11)23-15(13)21-16(17-18-19-21)20(14)10-6-2-1-3-7-10/h1-3,6-7,13,15H,4-5,8-9H2. The number of tetrazole rings is 1. The lowest BCUT2D eigenvalue weighted by Crippen LogP contribution is -2.42. The highest BCUT2D eigenvalue weighted by Crippen LogP contribution is 2.57. The molecule has 2 aliphatic heterocycles. The van der Waals surface area contributed by atoms with Crippen molar-refractivity contribution in [2.24, 2.45) is 5.92 Å². The summed E-state index contributed by atoms with van der Waals surface area (Å²) in [5.74, 6) is 0.490. The summed E-state index contributed by atoms with van der Waals surface area (Å²) >= 11 is 1.78. The van der Waals surface area contributed by atoms with Crippen LogP contribution >= 0.6 is 11.8 Å². The van der Waals surface area contributed by atoms with Crippen LogP contribution in [0.1, 0.15) is 31.1 Å². The van der Waals surface area contributed by atoms with Gasteiger partial charge >= 0.3 is 0 Å². The molecule has 1 aromatic carbocycles. The van der Waals surface area contributed by atoms with Crippen molar-refractivity contribution >= 4 is 29.3 Å². The highest BCUT2D eigenvalue weighted by Gasteiger charge is 2.50. The molecule has 2 atom stereocenters. The summed E-state index contributed by atoms with van der Waals surface area (Å²) in [6.07, 6.45) is 4.49. The zero-order valence-corrected chi connectivity index (χ0v) is 13.2. The number of hydrogen-bond acceptors (Lipinski definition) is 5. The fourth-order valence-electron chi connectivity index (χ4n) is 3.77. The van der Waals surface area contributed by atoms with Gasteiger partial charge in [0.25, 0.3) is 5.95 Å². The van der Waals surface area contributed by atoms with E-state index in [0.717, 1.165) is 18.5 Å². The number of hydrogen-bond donors (Lipinski definition) is 0. The Kier molecular flexibility index (Phi) is 2.85. The minimum Gasteiger partial charge on any atom is -0.273 e. The van der Waals surface area contributed by atoms with Crippen LogP contribution in [0.2, 0.25) is 0 Å². The Morgan fingerprint density at radius 2 is 1.96 bits per heavy atom. The molecule has 0 saturated carbocycles. The molecule has 0 fully saturated rings. The van der Waals surface area contributed by atoms with Gasteiger partial charge in [-0.15, -0.1) is 11.8 Å². The van der Waals surface area contributed by atoms with Crippen molar-refractivity contribution in [1.29, 1.82) is 0 Å². The Morgan fingerprint density at radius 3 is 2.83 bits per heavy atom. The molecule has 0 bridgehead atoms. The first-order valence-corrected chi connectivity index (χ1v) is 8.78. The zero-order chi connectivity index (χ0) is 15.4. The first-order valence-electron chi connectivity index (χ1n) is 7.90. The second-order valence-electron chi connectivity index (χ2n) is 6.07. The highest BCUT2D eigenvalue weighted by atomic mass is 32.2. The summed E-state index contributed by atoms with van der Waals surface area (Å²) in [6, 6.07) is 9.65. The van der Waals surface area contributed by atoms with Crippen LogP contribution < -0.4 is 4.90 Å². The minimum absolute atomic E-state index is 0.0180. The lowest BCUT2D eigenvalue weighted by molar-refractivity contribution is -0.121. The van der Waals surface area contributed by atoms with Gasteiger partial charge in [0.05, 0.1) is 11.6 Å². The van der Waals surface area contributed by atoms with E-state index in [-0.39, 0.29) is 17.2 Å². The van der Waals surface area contributed by atoms with E-state index in [4.69, 9.17) is 0 Å². The van der Waals surface area contributed by atoms with Crippen molar-refractivity contribution in [2.75, 3.05) is 4.90 Å². The Morgan fingerprint density at radius 1 is 1.13 bits per heavy atom. The van der Waals surface area contributed by atoms with Gasteiger partial charge in [0.15, 0.2) is 0 Å². The molecule has 1 aromatic heterocycles. The van der Waals surface area contributed by atoms with E-state index in [1.54, 1.807) is 16.7 Å². The van der Waals surface area contributed by atoms with E-state index in [1.807, 2.05) is 35.0 Å². The van der Waals surface area contributed by atoms with E-state index in [1.165, 1.54) is 23.3 Å². The summed E-state index contributed by atoms with van der Waals surface area (Å²) < 4.78 is 1.82. The second-order valence-corrected chi connectivity index (χ2v) is 7.29. The predicted molar refractivity (Wildman–Crippen MR) is 87.0 cm³/mol. The van der Waals surface area contributed by atoms with Crippen LogP contribution in [-0.2, 0) is 4.79 Å². The molecule has 5 rings (SSSR count). The van der Waals surface area contributed by atoms with Crippen molar-refractivity contribution in [3.63, 3.8) is 0 Å². The molecular weight excluding hydrogens is 310 g/mol. The summed E-state index contributed by atoms with van der Waals surface area (Å²) in [4.78, 5) is 16.4. The fraction of sp³-hybridized carbons (Fsp3) is 0.375. The molecule has 1 amide bonds. The van der Waals surface area contributed by atoms with Gasteiger partial charge in [-0.05, 0) is 58.7 Å². The molecule has 1 aliphatic carbocycles. The van der Waals surface area contributed by atoms with Crippen molar-refractivity contribution in [1.82, 2.24) is 20.2 Å². The maximum absolute atomic E-state index is 13.3. The lowest BCUT2D eigenvalue weighted by atomic mass is 9.87. The van der Waals surface area contributed by atoms with Gasteiger partial charge in [0.1, 0.15) is 5.37 Å². The highest BCUT2D eigenvalue weighted by molar-refractivity contribution is 8.03. The largest absolute Gasteiger partial charge is 0.273 e. The van der Waals surface area contributed by atoms with Gasteiger partial charge in [0.2, 0.25) is 5.91 Å². The van der Waals surface area contributed by atoms with Crippen molar-refractivity contribution in [3.8, 4) is 0 Å². The third-order valence-corrected chi connectivity index (χ3v) is 6.26. The Balaban J connectivity index is 1.67. The molecule has 6 nitrogen and oxygen atoms in total. The van der Waals surface area contributed by atoms with Gasteiger partial charge in [0, 0.05) is 0 Å². The average Bonchev–Trinajstić information content (AvgIpc) is 3.20. The van der Waals surface area contributed by atoms with Crippen LogP contribution in [0.25, 0.3) is 0 Å². The van der Waals surface area contributed by atoms with Crippen LogP contribution in [0.4, 0.5) is 11.6 Å². The van der Waals surface area contributed by atoms with Crippen LogP contribution in [0, 0.1) is 5.92 Å². The normalized spacial score (nSPS) is 26.1. The second kappa shape index (κ2) is 4.92. The first kappa shape index (κ1) is 13.3. The van der Waals surface area contributed by atoms with Crippen molar-refractivity contribution in [2.45, 2.75) is 31.1 Å². The van der Waals surface area contributed by atoms with Gasteiger partial charge in [-0.1, -0.05) is 23.3 Å². The third kappa shape index (κ3) is 1.83. The molecule has 23 heavy (non-hydrogen) atoms. The van der Waals surface area contributed by atoms with Crippen LogP contribution in [0.3, 0.4) is 0 Å². The SMILES string of the molecule is O=C1C2C3=C(CCCC3)SC2n2nnnc2N1c1ccccc1. The summed E-state index contributed by atoms with van der Waals surface area (Å²) in [5.41, 5.74) is 2.14. The molecule has 116 valence electrons. The molecule has 0 radical (unpaired) electrons. The number of benzene rings is 1. The quantitative estimate of drug-likeness (QED) is 0.806. The molecule has 2 unspecified atom stereocenters. The maximum Gasteiger partial charge on any atom is 0.258 e. The Labute approximate surface area is 137 Å². The van der Waals surface area contributed by atoms with E-state index in [2.05, 4.69) is 15.5 Å². The Hall–Kier alpha value is -2.15. The van der Waals surface area contributed by atoms with E-state index in [9.17, 15) is 4.79 Å². The number of amides is 1. The number of carbonyl (C=O) groups is 1. The van der Waals surface area contributed by atoms with Gasteiger partial charge in [-0.3, -0.25) is 4.79 Å². The first-order chi connectivity index (χ1) is 11.3. The number of carbonyl (C=O) groups excluding carboxylic acids is 1. The van der Waals surface area contributed by atoms with Crippen LogP contribution in [0.15, 0.2) is 40.8 Å². The number of para-hydroxylation sites is 1. The van der Waals surface area contributed by atoms with Gasteiger partial charge in [-0.2, -0.15) is 4.68 Å². The van der Waals surface area contributed by atoms with Crippen molar-refractivity contribution in [3.05, 3.63) is 40.8 Å². The number of thioether (sulfide) groups is 1. The fourth-order valence-corrected chi connectivity index (χ4v) is 5.36. The van der Waals surface area contributed by atoms with Gasteiger partial charge in [-0.25, -0.2) is 4.90 Å². The number of anilines is 2. The Bertz CT molecular complexity index is 815. The topological polar surface area (TPSA) is 63.9 Å². The van der Waals surface area contributed by atoms with Crippen LogP contribution in [-0.4, -0.2) is 26.1 Å². The van der Waals surface area contributed by atoms with E-state index in [0.29, 0.717) is 5.95 Å². The smallest absolute Gasteiger partial charge is 0.258 e. The average molecular weight is 325 g/mol. The molecule has 3 aliphatic rings. The molecule has 2 aromatic rings. The number of allylic oxidation sites excluding steroid dienone is 1. The predicted octanol–water partition coefficient (Wildman–Crippen LogP) is 3.04. The summed E-state index contributed by atoms with van der Waals surface area (Å²) in [7, 11) is 0. The summed E-state index contributed by atoms with van der Waals surface area (Å²) in [6.45, 7) is 0. The molecule has 0 N–H and O–H groups in total. The summed E-state index contributed by atoms with van der Waals surface area (Å²) in [5, 5.41) is 12.1. The van der Waals surface area contributed by atoms with Gasteiger partial charge < -0.3 is 0 Å². The lowest BCUT2D eigenvalue weighted by Gasteiger charge is -2.33. The molecule has 0 spiro atoms. The molecule has 7 heteroatoms. The van der Waals surface area contributed by atoms with E-state index < -0.39 is 0 Å². The van der Waals surface area contributed by atoms with E-state index >= 15 is 0 Å².